The molecule has 2 rings (SSSR count). The molecule has 0 aromatic carbocycles. The van der Waals surface area contributed by atoms with E-state index < -0.39 is 11.7 Å². The second-order valence-electron chi connectivity index (χ2n) is 3.03. The van der Waals surface area contributed by atoms with E-state index >= 15 is 0 Å². The average molecular weight is 145 g/mol. The molecule has 2 saturated heterocycles. The fourth-order valence-electron chi connectivity index (χ4n) is 1.53. The van der Waals surface area contributed by atoms with Crippen molar-refractivity contribution in [3.8, 4) is 0 Å². The Bertz CT molecular complexity index is 148. The van der Waals surface area contributed by atoms with Crippen LogP contribution in [0.1, 0.15) is 0 Å². The molecule has 10 heavy (non-hydrogen) atoms. The van der Waals surface area contributed by atoms with Crippen molar-refractivity contribution < 1.29 is 14.9 Å². The van der Waals surface area contributed by atoms with Crippen molar-refractivity contribution in [2.75, 3.05) is 19.7 Å². The van der Waals surface area contributed by atoms with Gasteiger partial charge in [0.25, 0.3) is 0 Å². The summed E-state index contributed by atoms with van der Waals surface area (Å²) < 4.78 is 5.13. The monoisotopic (exact) mass is 145 g/mol. The molecule has 0 saturated carbocycles. The smallest absolute Gasteiger partial charge is 0.129 e. The third-order valence-corrected chi connectivity index (χ3v) is 2.23. The van der Waals surface area contributed by atoms with Crippen LogP contribution in [0.15, 0.2) is 0 Å². The number of aliphatic hydroxyl groups excluding tert-OH is 1. The molecule has 2 bridgehead atoms. The lowest BCUT2D eigenvalue weighted by molar-refractivity contribution is -0.0615. The highest BCUT2D eigenvalue weighted by Gasteiger charge is 2.50. The van der Waals surface area contributed by atoms with Crippen molar-refractivity contribution >= 4 is 0 Å². The zero-order chi connectivity index (χ0) is 7.19. The first kappa shape index (κ1) is 6.54. The summed E-state index contributed by atoms with van der Waals surface area (Å²) in [5.74, 6) is 0. The van der Waals surface area contributed by atoms with Crippen LogP contribution < -0.4 is 5.32 Å². The summed E-state index contributed by atoms with van der Waals surface area (Å²) in [5.41, 5.74) is -1.02. The maximum atomic E-state index is 9.55. The van der Waals surface area contributed by atoms with E-state index in [-0.39, 0.29) is 12.7 Å². The minimum atomic E-state index is -1.02. The zero-order valence-electron chi connectivity index (χ0n) is 5.58. The Morgan fingerprint density at radius 1 is 1.60 bits per heavy atom. The van der Waals surface area contributed by atoms with Crippen molar-refractivity contribution in [2.45, 2.75) is 17.8 Å². The van der Waals surface area contributed by atoms with Gasteiger partial charge in [-0.2, -0.15) is 0 Å². The first-order valence-corrected chi connectivity index (χ1v) is 3.45. The van der Waals surface area contributed by atoms with Crippen LogP contribution in [0.4, 0.5) is 0 Å². The lowest BCUT2D eigenvalue weighted by atomic mass is 9.93. The first-order chi connectivity index (χ1) is 4.72. The van der Waals surface area contributed by atoms with Crippen molar-refractivity contribution in [3.63, 3.8) is 0 Å². The molecule has 4 nitrogen and oxygen atoms in total. The minimum absolute atomic E-state index is 0.209. The van der Waals surface area contributed by atoms with Crippen LogP contribution in [0.5, 0.6) is 0 Å². The summed E-state index contributed by atoms with van der Waals surface area (Å²) in [6.45, 7) is 1.33. The number of hydrogen-bond acceptors (Lipinski definition) is 4. The lowest BCUT2D eigenvalue weighted by Gasteiger charge is -2.31. The summed E-state index contributed by atoms with van der Waals surface area (Å²) in [5, 5.41) is 21.9. The number of β-amino-alcohol motifs (C(OH)–C–C–N with tert-alkyl or cyclic N) is 1. The normalized spacial score (nSPS) is 53.4. The molecule has 0 aromatic rings. The van der Waals surface area contributed by atoms with Gasteiger partial charge in [-0.15, -0.1) is 0 Å². The van der Waals surface area contributed by atoms with Gasteiger partial charge in [0.15, 0.2) is 0 Å². The van der Waals surface area contributed by atoms with Gasteiger partial charge in [0, 0.05) is 13.1 Å². The molecule has 0 spiro atoms. The standard InChI is InChI=1S/C6H11NO3/c8-5-4-1-7-2-6(5,9)3-10-4/h4-5,7-9H,1-3H2. The van der Waals surface area contributed by atoms with Crippen LogP contribution in [-0.4, -0.2) is 47.7 Å². The van der Waals surface area contributed by atoms with Crippen LogP contribution in [0.2, 0.25) is 0 Å². The molecule has 2 aliphatic heterocycles. The highest BCUT2D eigenvalue weighted by atomic mass is 16.5. The van der Waals surface area contributed by atoms with Gasteiger partial charge >= 0.3 is 0 Å². The number of piperidine rings is 1. The second-order valence-corrected chi connectivity index (χ2v) is 3.03. The Morgan fingerprint density at radius 3 is 3.00 bits per heavy atom. The molecule has 2 aliphatic rings. The van der Waals surface area contributed by atoms with Crippen molar-refractivity contribution in [3.05, 3.63) is 0 Å². The fourth-order valence-corrected chi connectivity index (χ4v) is 1.53. The summed E-state index contributed by atoms with van der Waals surface area (Å²) in [4.78, 5) is 0. The van der Waals surface area contributed by atoms with Crippen LogP contribution in [0.3, 0.4) is 0 Å². The van der Waals surface area contributed by atoms with E-state index in [1.165, 1.54) is 0 Å². The highest BCUT2D eigenvalue weighted by molar-refractivity contribution is 5.02. The molecule has 0 aliphatic carbocycles. The molecular formula is C6H11NO3. The molecule has 2 heterocycles. The molecule has 0 radical (unpaired) electrons. The van der Waals surface area contributed by atoms with Gasteiger partial charge in [0.05, 0.1) is 12.7 Å². The van der Waals surface area contributed by atoms with Crippen molar-refractivity contribution in [1.82, 2.24) is 5.32 Å². The predicted molar refractivity (Wildman–Crippen MR) is 33.6 cm³/mol. The Hall–Kier alpha value is -0.160. The number of fused-ring (bicyclic) bond motifs is 2. The second kappa shape index (κ2) is 1.92. The SMILES string of the molecule is OC1C2CNCC1(O)CO2. The molecule has 3 N–H and O–H groups in total. The van der Waals surface area contributed by atoms with E-state index in [2.05, 4.69) is 5.32 Å². The molecule has 0 amide bonds. The Morgan fingerprint density at radius 2 is 2.40 bits per heavy atom. The van der Waals surface area contributed by atoms with Gasteiger partial charge in [-0.3, -0.25) is 0 Å². The van der Waals surface area contributed by atoms with Gasteiger partial charge in [-0.25, -0.2) is 0 Å². The van der Waals surface area contributed by atoms with E-state index in [1.54, 1.807) is 0 Å². The average Bonchev–Trinajstić information content (AvgIpc) is 2.18. The zero-order valence-corrected chi connectivity index (χ0v) is 5.58. The van der Waals surface area contributed by atoms with Gasteiger partial charge in [0.2, 0.25) is 0 Å². The topological polar surface area (TPSA) is 61.7 Å². The van der Waals surface area contributed by atoms with E-state index in [9.17, 15) is 10.2 Å². The summed E-state index contributed by atoms with van der Waals surface area (Å²) in [6, 6.07) is 0. The number of rotatable bonds is 0. The van der Waals surface area contributed by atoms with Gasteiger partial charge < -0.3 is 20.3 Å². The van der Waals surface area contributed by atoms with Gasteiger partial charge in [-0.1, -0.05) is 0 Å². The van der Waals surface area contributed by atoms with E-state index in [0.717, 1.165) is 0 Å². The number of ether oxygens (including phenoxy) is 1. The third kappa shape index (κ3) is 0.703. The maximum Gasteiger partial charge on any atom is 0.129 e. The van der Waals surface area contributed by atoms with E-state index in [0.29, 0.717) is 13.1 Å². The molecule has 58 valence electrons. The van der Waals surface area contributed by atoms with Crippen LogP contribution in [-0.2, 0) is 4.74 Å². The van der Waals surface area contributed by atoms with Crippen molar-refractivity contribution in [1.29, 1.82) is 0 Å². The third-order valence-electron chi connectivity index (χ3n) is 2.23. The summed E-state index contributed by atoms with van der Waals surface area (Å²) in [7, 11) is 0. The van der Waals surface area contributed by atoms with Crippen LogP contribution >= 0.6 is 0 Å². The Balaban J connectivity index is 2.21. The van der Waals surface area contributed by atoms with E-state index in [4.69, 9.17) is 4.74 Å². The maximum absolute atomic E-state index is 9.55. The van der Waals surface area contributed by atoms with Gasteiger partial charge in [-0.05, 0) is 0 Å². The first-order valence-electron chi connectivity index (χ1n) is 3.45. The molecule has 2 fully saturated rings. The Labute approximate surface area is 58.8 Å². The van der Waals surface area contributed by atoms with Crippen LogP contribution in [0.25, 0.3) is 0 Å². The summed E-state index contributed by atoms with van der Waals surface area (Å²) >= 11 is 0. The van der Waals surface area contributed by atoms with Crippen molar-refractivity contribution in [2.24, 2.45) is 0 Å². The molecule has 0 aromatic heterocycles. The quantitative estimate of drug-likeness (QED) is 0.372. The minimum Gasteiger partial charge on any atom is -0.387 e. The number of nitrogens with one attached hydrogen (secondary N) is 1. The van der Waals surface area contributed by atoms with Gasteiger partial charge in [0.1, 0.15) is 11.7 Å². The lowest BCUT2D eigenvalue weighted by Crippen LogP contribution is -2.57. The Kier molecular flexibility index (Phi) is 1.25. The molecule has 4 heteroatoms. The molecule has 3 atom stereocenters. The molecule has 3 unspecified atom stereocenters. The van der Waals surface area contributed by atoms with Crippen LogP contribution in [0, 0.1) is 0 Å². The van der Waals surface area contributed by atoms with E-state index in [1.807, 2.05) is 0 Å². The summed E-state index contributed by atoms with van der Waals surface area (Å²) in [6.07, 6.45) is -0.910. The highest BCUT2D eigenvalue weighted by Crippen LogP contribution is 2.26. The predicted octanol–water partition coefficient (Wildman–Crippen LogP) is -1.92. The number of hydrogen-bond donors (Lipinski definition) is 3. The molecular weight excluding hydrogens is 134 g/mol. The largest absolute Gasteiger partial charge is 0.387 e. The number of aliphatic hydroxyl groups is 2. The fraction of sp³-hybridized carbons (Fsp3) is 1.00.